The van der Waals surface area contributed by atoms with Crippen LogP contribution in [0.25, 0.3) is 0 Å². The first-order valence-electron chi connectivity index (χ1n) is 6.70. The first-order chi connectivity index (χ1) is 8.31. The lowest BCUT2D eigenvalue weighted by Gasteiger charge is -2.34. The van der Waals surface area contributed by atoms with E-state index in [0.29, 0.717) is 13.1 Å². The number of rotatable bonds is 3. The maximum Gasteiger partial charge on any atom is 0.236 e. The molecule has 0 aromatic heterocycles. The number of hydrogen-bond donors (Lipinski definition) is 1. The Morgan fingerprint density at radius 3 is 2.71 bits per heavy atom. The van der Waals surface area contributed by atoms with Crippen molar-refractivity contribution >= 4 is 5.91 Å². The largest absolute Gasteiger partial charge is 0.342 e. The zero-order valence-corrected chi connectivity index (χ0v) is 10.5. The Bertz CT molecular complexity index is 284. The monoisotopic (exact) mass is 237 g/mol. The van der Waals surface area contributed by atoms with Crippen LogP contribution in [0.3, 0.4) is 0 Å². The van der Waals surface area contributed by atoms with E-state index in [1.807, 2.05) is 4.90 Å². The van der Waals surface area contributed by atoms with Gasteiger partial charge in [0.05, 0.1) is 6.54 Å². The van der Waals surface area contributed by atoms with Crippen LogP contribution in [0, 0.1) is 0 Å². The molecule has 1 unspecified atom stereocenters. The van der Waals surface area contributed by atoms with Gasteiger partial charge in [0.1, 0.15) is 0 Å². The summed E-state index contributed by atoms with van der Waals surface area (Å²) in [6.07, 6.45) is 8.91. The Morgan fingerprint density at radius 2 is 2.00 bits per heavy atom. The van der Waals surface area contributed by atoms with Crippen molar-refractivity contribution in [1.29, 1.82) is 0 Å². The highest BCUT2D eigenvalue weighted by molar-refractivity contribution is 5.78. The molecule has 0 saturated carbocycles. The summed E-state index contributed by atoms with van der Waals surface area (Å²) in [5.74, 6) is 0.276. The third-order valence-corrected chi connectivity index (χ3v) is 3.70. The number of hydrogen-bond acceptors (Lipinski definition) is 3. The third-order valence-electron chi connectivity index (χ3n) is 3.70. The fourth-order valence-electron chi connectivity index (χ4n) is 2.62. The third kappa shape index (κ3) is 3.30. The van der Waals surface area contributed by atoms with Crippen molar-refractivity contribution in [2.24, 2.45) is 5.73 Å². The van der Waals surface area contributed by atoms with Crippen LogP contribution in [-0.4, -0.2) is 54.5 Å². The van der Waals surface area contributed by atoms with E-state index in [9.17, 15) is 4.79 Å². The molecule has 1 fully saturated rings. The van der Waals surface area contributed by atoms with Gasteiger partial charge in [-0.3, -0.25) is 9.69 Å². The van der Waals surface area contributed by atoms with E-state index >= 15 is 0 Å². The Labute approximate surface area is 103 Å². The van der Waals surface area contributed by atoms with Crippen LogP contribution in [0.15, 0.2) is 12.2 Å². The number of piperidine rings is 1. The summed E-state index contributed by atoms with van der Waals surface area (Å²) in [5, 5.41) is 0. The minimum Gasteiger partial charge on any atom is -0.342 e. The molecule has 1 amide bonds. The molecular weight excluding hydrogens is 214 g/mol. The van der Waals surface area contributed by atoms with E-state index < -0.39 is 0 Å². The van der Waals surface area contributed by atoms with Crippen molar-refractivity contribution in [3.05, 3.63) is 12.2 Å². The maximum atomic E-state index is 12.1. The second-order valence-electron chi connectivity index (χ2n) is 4.93. The van der Waals surface area contributed by atoms with Gasteiger partial charge in [-0.1, -0.05) is 12.2 Å². The molecule has 4 heteroatoms. The van der Waals surface area contributed by atoms with E-state index in [0.717, 1.165) is 38.9 Å². The van der Waals surface area contributed by atoms with Gasteiger partial charge in [0.25, 0.3) is 0 Å². The van der Waals surface area contributed by atoms with Gasteiger partial charge < -0.3 is 10.6 Å². The molecule has 2 rings (SSSR count). The number of carbonyl (C=O) groups is 1. The Balaban J connectivity index is 1.86. The molecule has 2 aliphatic heterocycles. The molecule has 0 aliphatic carbocycles. The molecule has 2 N–H and O–H groups in total. The fourth-order valence-corrected chi connectivity index (χ4v) is 2.62. The average Bonchev–Trinajstić information content (AvgIpc) is 2.40. The van der Waals surface area contributed by atoms with Gasteiger partial charge in [-0.05, 0) is 25.7 Å². The van der Waals surface area contributed by atoms with Crippen molar-refractivity contribution in [3.8, 4) is 0 Å². The summed E-state index contributed by atoms with van der Waals surface area (Å²) in [6.45, 7) is 3.97. The van der Waals surface area contributed by atoms with Crippen molar-refractivity contribution in [2.45, 2.75) is 31.7 Å². The standard InChI is InChI=1S/C13H23N3O/c14-10-12-6-2-5-9-16(12)11-13(17)15-7-3-1-4-8-15/h2,6,12H,1,3-5,7-11,14H2. The number of amides is 1. The van der Waals surface area contributed by atoms with Crippen molar-refractivity contribution in [2.75, 3.05) is 32.7 Å². The van der Waals surface area contributed by atoms with Crippen LogP contribution in [0.1, 0.15) is 25.7 Å². The van der Waals surface area contributed by atoms with Crippen LogP contribution >= 0.6 is 0 Å². The Kier molecular flexibility index (Phi) is 4.57. The van der Waals surface area contributed by atoms with Crippen molar-refractivity contribution < 1.29 is 4.79 Å². The fraction of sp³-hybridized carbons (Fsp3) is 0.769. The molecular formula is C13H23N3O. The van der Waals surface area contributed by atoms with Gasteiger partial charge in [-0.2, -0.15) is 0 Å². The molecule has 0 aromatic carbocycles. The Hall–Kier alpha value is -0.870. The summed E-state index contributed by atoms with van der Waals surface area (Å²) in [7, 11) is 0. The lowest BCUT2D eigenvalue weighted by molar-refractivity contribution is -0.133. The quantitative estimate of drug-likeness (QED) is 0.731. The van der Waals surface area contributed by atoms with Gasteiger partial charge in [0.2, 0.25) is 5.91 Å². The van der Waals surface area contributed by atoms with Crippen LogP contribution in [0.5, 0.6) is 0 Å². The second kappa shape index (κ2) is 6.17. The van der Waals surface area contributed by atoms with Gasteiger partial charge >= 0.3 is 0 Å². The van der Waals surface area contributed by atoms with Crippen LogP contribution in [0.2, 0.25) is 0 Å². The second-order valence-corrected chi connectivity index (χ2v) is 4.93. The topological polar surface area (TPSA) is 49.6 Å². The minimum absolute atomic E-state index is 0.248. The number of nitrogens with two attached hydrogens (primary N) is 1. The lowest BCUT2D eigenvalue weighted by atomic mass is 10.1. The van der Waals surface area contributed by atoms with Crippen LogP contribution in [-0.2, 0) is 4.79 Å². The molecule has 0 bridgehead atoms. The molecule has 2 heterocycles. The van der Waals surface area contributed by atoms with E-state index in [4.69, 9.17) is 5.73 Å². The number of carbonyl (C=O) groups excluding carboxylic acids is 1. The van der Waals surface area contributed by atoms with Gasteiger partial charge in [-0.15, -0.1) is 0 Å². The first kappa shape index (κ1) is 12.6. The molecule has 0 radical (unpaired) electrons. The zero-order valence-electron chi connectivity index (χ0n) is 10.5. The SMILES string of the molecule is NCC1C=CCCN1CC(=O)N1CCCCC1. The highest BCUT2D eigenvalue weighted by Gasteiger charge is 2.23. The molecule has 4 nitrogen and oxygen atoms in total. The molecule has 0 spiro atoms. The van der Waals surface area contributed by atoms with E-state index in [1.54, 1.807) is 0 Å². The van der Waals surface area contributed by atoms with Crippen molar-refractivity contribution in [3.63, 3.8) is 0 Å². The normalized spacial score (nSPS) is 26.2. The van der Waals surface area contributed by atoms with Crippen LogP contribution < -0.4 is 5.73 Å². The molecule has 1 saturated heterocycles. The molecule has 0 aromatic rings. The minimum atomic E-state index is 0.248. The predicted molar refractivity (Wildman–Crippen MR) is 68.6 cm³/mol. The number of nitrogens with zero attached hydrogens (tertiary/aromatic N) is 2. The summed E-state index contributed by atoms with van der Waals surface area (Å²) in [5.41, 5.74) is 5.73. The van der Waals surface area contributed by atoms with Gasteiger partial charge in [-0.25, -0.2) is 0 Å². The molecule has 17 heavy (non-hydrogen) atoms. The van der Waals surface area contributed by atoms with E-state index in [-0.39, 0.29) is 11.9 Å². The predicted octanol–water partition coefficient (Wildman–Crippen LogP) is 0.588. The van der Waals surface area contributed by atoms with E-state index in [2.05, 4.69) is 17.1 Å². The van der Waals surface area contributed by atoms with Crippen LogP contribution in [0.4, 0.5) is 0 Å². The smallest absolute Gasteiger partial charge is 0.236 e. The average molecular weight is 237 g/mol. The summed E-state index contributed by atoms with van der Waals surface area (Å²) >= 11 is 0. The highest BCUT2D eigenvalue weighted by atomic mass is 16.2. The summed E-state index contributed by atoms with van der Waals surface area (Å²) < 4.78 is 0. The van der Waals surface area contributed by atoms with E-state index in [1.165, 1.54) is 6.42 Å². The first-order valence-corrected chi connectivity index (χ1v) is 6.70. The zero-order chi connectivity index (χ0) is 12.1. The molecule has 1 atom stereocenters. The van der Waals surface area contributed by atoms with Gasteiger partial charge in [0, 0.05) is 32.2 Å². The summed E-state index contributed by atoms with van der Waals surface area (Å²) in [4.78, 5) is 16.4. The maximum absolute atomic E-state index is 12.1. The Morgan fingerprint density at radius 1 is 1.24 bits per heavy atom. The molecule has 96 valence electrons. The summed E-state index contributed by atoms with van der Waals surface area (Å²) in [6, 6.07) is 0.248. The highest BCUT2D eigenvalue weighted by Crippen LogP contribution is 2.12. The molecule has 2 aliphatic rings. The number of likely N-dealkylation sites (tertiary alicyclic amines) is 1. The van der Waals surface area contributed by atoms with Crippen molar-refractivity contribution in [1.82, 2.24) is 9.80 Å². The lowest BCUT2D eigenvalue weighted by Crippen LogP contribution is -2.48. The van der Waals surface area contributed by atoms with Gasteiger partial charge in [0.15, 0.2) is 0 Å².